The van der Waals surface area contributed by atoms with Gasteiger partial charge in [0.1, 0.15) is 23.4 Å². The first kappa shape index (κ1) is 23.3. The van der Waals surface area contributed by atoms with Crippen molar-refractivity contribution in [3.05, 3.63) is 93.9 Å². The first-order valence-electron chi connectivity index (χ1n) is 12.2. The van der Waals surface area contributed by atoms with Crippen LogP contribution in [0.5, 0.6) is 5.75 Å². The van der Waals surface area contributed by atoms with E-state index in [0.717, 1.165) is 41.1 Å². The number of hydrogen-bond acceptors (Lipinski definition) is 4. The normalized spacial score (nSPS) is 15.8. The van der Waals surface area contributed by atoms with Gasteiger partial charge in [0.25, 0.3) is 0 Å². The van der Waals surface area contributed by atoms with E-state index in [1.165, 1.54) is 26.8 Å². The minimum atomic E-state index is 0.287. The van der Waals surface area contributed by atoms with Gasteiger partial charge < -0.3 is 4.74 Å². The first-order valence-corrected chi connectivity index (χ1v) is 13.0. The van der Waals surface area contributed by atoms with Crippen LogP contribution in [-0.2, 0) is 19.4 Å². The molecule has 0 unspecified atom stereocenters. The van der Waals surface area contributed by atoms with Crippen LogP contribution < -0.4 is 4.74 Å². The Balaban J connectivity index is 1.28. The van der Waals surface area contributed by atoms with Gasteiger partial charge in [0.05, 0.1) is 5.56 Å². The minimum Gasteiger partial charge on any atom is -0.489 e. The third-order valence-corrected chi connectivity index (χ3v) is 8.23. The summed E-state index contributed by atoms with van der Waals surface area (Å²) in [4.78, 5) is 6.07. The predicted octanol–water partition coefficient (Wildman–Crippen LogP) is 8.25. The summed E-state index contributed by atoms with van der Waals surface area (Å²) >= 11 is 1.69. The Kier molecular flexibility index (Phi) is 6.45. The van der Waals surface area contributed by atoms with Crippen molar-refractivity contribution >= 4 is 33.3 Å². The van der Waals surface area contributed by atoms with Crippen LogP contribution in [0.4, 0.5) is 5.00 Å². The highest BCUT2D eigenvalue weighted by atomic mass is 32.1. The molecular formula is C31H30N2OS. The van der Waals surface area contributed by atoms with Crippen LogP contribution in [0.25, 0.3) is 10.8 Å². The molecule has 0 radical (unpaired) electrons. The van der Waals surface area contributed by atoms with E-state index in [1.54, 1.807) is 11.3 Å². The molecule has 3 aromatic carbocycles. The summed E-state index contributed by atoms with van der Waals surface area (Å²) in [5.41, 5.74) is 4.44. The van der Waals surface area contributed by atoms with E-state index in [2.05, 4.69) is 69.3 Å². The van der Waals surface area contributed by atoms with Gasteiger partial charge in [0.2, 0.25) is 0 Å². The van der Waals surface area contributed by atoms with Crippen molar-refractivity contribution in [2.24, 2.45) is 16.3 Å². The van der Waals surface area contributed by atoms with Crippen molar-refractivity contribution < 1.29 is 4.74 Å². The molecule has 176 valence electrons. The van der Waals surface area contributed by atoms with Crippen LogP contribution in [0, 0.1) is 22.7 Å². The molecule has 4 aromatic rings. The maximum Gasteiger partial charge on any atom is 0.134 e. The fourth-order valence-corrected chi connectivity index (χ4v) is 6.10. The van der Waals surface area contributed by atoms with E-state index in [0.29, 0.717) is 12.5 Å². The number of rotatable bonds is 5. The largest absolute Gasteiger partial charge is 0.489 e. The zero-order valence-electron chi connectivity index (χ0n) is 20.5. The van der Waals surface area contributed by atoms with Gasteiger partial charge in [0.15, 0.2) is 0 Å². The second-order valence-electron chi connectivity index (χ2n) is 10.4. The summed E-state index contributed by atoms with van der Waals surface area (Å²) in [6.45, 7) is 7.47. The minimum absolute atomic E-state index is 0.287. The highest BCUT2D eigenvalue weighted by Crippen LogP contribution is 2.44. The number of nitriles is 1. The number of hydrogen-bond donors (Lipinski definition) is 0. The second kappa shape index (κ2) is 9.68. The fraction of sp³-hybridized carbons (Fsp3) is 0.290. The summed E-state index contributed by atoms with van der Waals surface area (Å²) in [5, 5.41) is 13.1. The van der Waals surface area contributed by atoms with Gasteiger partial charge in [-0.25, -0.2) is 4.99 Å². The van der Waals surface area contributed by atoms with Crippen LogP contribution in [0.1, 0.15) is 54.3 Å². The molecule has 1 aliphatic rings. The molecule has 0 fully saturated rings. The summed E-state index contributed by atoms with van der Waals surface area (Å²) < 4.78 is 6.06. The third kappa shape index (κ3) is 5.01. The van der Waals surface area contributed by atoms with Gasteiger partial charge in [-0.15, -0.1) is 11.3 Å². The topological polar surface area (TPSA) is 45.4 Å². The maximum absolute atomic E-state index is 9.81. The van der Waals surface area contributed by atoms with Crippen LogP contribution in [0.15, 0.2) is 71.7 Å². The molecule has 0 saturated carbocycles. The summed E-state index contributed by atoms with van der Waals surface area (Å²) in [5.74, 6) is 1.48. The van der Waals surface area contributed by atoms with Crippen molar-refractivity contribution in [2.75, 3.05) is 0 Å². The Morgan fingerprint density at radius 3 is 2.60 bits per heavy atom. The molecular weight excluding hydrogens is 448 g/mol. The highest BCUT2D eigenvalue weighted by molar-refractivity contribution is 7.16. The zero-order valence-corrected chi connectivity index (χ0v) is 21.4. The van der Waals surface area contributed by atoms with E-state index < -0.39 is 0 Å². The van der Waals surface area contributed by atoms with Crippen LogP contribution in [-0.4, -0.2) is 6.21 Å². The highest BCUT2D eigenvalue weighted by Gasteiger charge is 2.32. The van der Waals surface area contributed by atoms with E-state index in [9.17, 15) is 5.26 Å². The lowest BCUT2D eigenvalue weighted by Gasteiger charge is -2.33. The van der Waals surface area contributed by atoms with Gasteiger partial charge in [-0.1, -0.05) is 63.2 Å². The molecule has 1 heterocycles. The number of nitrogens with zero attached hydrogens (tertiary/aromatic N) is 2. The number of aliphatic imine (C=N–C) groups is 1. The molecule has 0 bridgehead atoms. The number of ether oxygens (including phenoxy) is 1. The second-order valence-corrected chi connectivity index (χ2v) is 11.4. The Hall–Kier alpha value is -3.42. The molecule has 0 amide bonds. The van der Waals surface area contributed by atoms with Crippen molar-refractivity contribution in [3.63, 3.8) is 0 Å². The van der Waals surface area contributed by atoms with Crippen molar-refractivity contribution in [2.45, 2.75) is 46.6 Å². The lowest BCUT2D eigenvalue weighted by Crippen LogP contribution is -2.26. The molecule has 0 spiro atoms. The summed E-state index contributed by atoms with van der Waals surface area (Å²) in [7, 11) is 0. The van der Waals surface area contributed by atoms with E-state index >= 15 is 0 Å². The van der Waals surface area contributed by atoms with Crippen LogP contribution >= 0.6 is 11.3 Å². The SMILES string of the molecule is CC(C)(C)[C@H]1CCc2c(sc(N=Cc3ccc(OCc4cccc5ccccc45)cc3)c2C#N)C1. The number of benzene rings is 3. The average Bonchev–Trinajstić information content (AvgIpc) is 3.23. The van der Waals surface area contributed by atoms with Gasteiger partial charge >= 0.3 is 0 Å². The maximum atomic E-state index is 9.81. The molecule has 1 atom stereocenters. The smallest absolute Gasteiger partial charge is 0.134 e. The summed E-state index contributed by atoms with van der Waals surface area (Å²) in [6.07, 6.45) is 5.03. The quantitative estimate of drug-likeness (QED) is 0.271. The molecule has 0 aliphatic heterocycles. The Labute approximate surface area is 211 Å². The monoisotopic (exact) mass is 478 g/mol. The molecule has 4 heteroatoms. The van der Waals surface area contributed by atoms with Gasteiger partial charge in [-0.3, -0.25) is 0 Å². The van der Waals surface area contributed by atoms with Gasteiger partial charge in [-0.05, 0) is 82.3 Å². The van der Waals surface area contributed by atoms with Crippen LogP contribution in [0.3, 0.4) is 0 Å². The summed E-state index contributed by atoms with van der Waals surface area (Å²) in [6, 6.07) is 25.1. The molecule has 1 aliphatic carbocycles. The third-order valence-electron chi connectivity index (χ3n) is 7.07. The molecule has 5 rings (SSSR count). The molecule has 0 saturated heterocycles. The zero-order chi connectivity index (χ0) is 24.4. The van der Waals surface area contributed by atoms with E-state index in [1.807, 2.05) is 30.5 Å². The number of fused-ring (bicyclic) bond motifs is 2. The average molecular weight is 479 g/mol. The predicted molar refractivity (Wildman–Crippen MR) is 146 cm³/mol. The van der Waals surface area contributed by atoms with Crippen LogP contribution in [0.2, 0.25) is 0 Å². The Morgan fingerprint density at radius 2 is 1.83 bits per heavy atom. The molecule has 3 nitrogen and oxygen atoms in total. The first-order chi connectivity index (χ1) is 16.9. The van der Waals surface area contributed by atoms with Crippen molar-refractivity contribution in [1.82, 2.24) is 0 Å². The Morgan fingerprint density at radius 1 is 1.06 bits per heavy atom. The molecule has 1 aromatic heterocycles. The lowest BCUT2D eigenvalue weighted by molar-refractivity contribution is 0.218. The standard InChI is InChI=1S/C31H30N2OS/c1-31(2,3)24-13-16-27-28(18-32)30(35-29(27)17-24)33-19-21-11-14-25(15-12-21)34-20-23-9-6-8-22-7-4-5-10-26(22)23/h4-12,14-15,19,24H,13,16-17,20H2,1-3H3/t24-/m0/s1. The van der Waals surface area contributed by atoms with E-state index in [-0.39, 0.29) is 5.41 Å². The Bertz CT molecular complexity index is 1410. The molecule has 35 heavy (non-hydrogen) atoms. The van der Waals surface area contributed by atoms with Gasteiger partial charge in [0, 0.05) is 11.1 Å². The van der Waals surface area contributed by atoms with E-state index in [4.69, 9.17) is 9.73 Å². The lowest BCUT2D eigenvalue weighted by atomic mass is 9.72. The van der Waals surface area contributed by atoms with Crippen molar-refractivity contribution in [1.29, 1.82) is 5.26 Å². The molecule has 0 N–H and O–H groups in total. The fourth-order valence-electron chi connectivity index (χ4n) is 4.88. The van der Waals surface area contributed by atoms with Gasteiger partial charge in [-0.2, -0.15) is 5.26 Å². The number of thiophene rings is 1. The van der Waals surface area contributed by atoms with Crippen molar-refractivity contribution in [3.8, 4) is 11.8 Å².